The highest BCUT2D eigenvalue weighted by atomic mass is 19.4. The third kappa shape index (κ3) is 7.58. The number of nitriles is 1. The molecule has 308 valence electrons. The van der Waals surface area contributed by atoms with Crippen molar-refractivity contribution in [2.75, 3.05) is 0 Å². The van der Waals surface area contributed by atoms with E-state index in [0.717, 1.165) is 100 Å². The summed E-state index contributed by atoms with van der Waals surface area (Å²) in [7, 11) is 0. The number of alkyl halides is 3. The van der Waals surface area contributed by atoms with Crippen LogP contribution >= 0.6 is 0 Å². The SMILES string of the molecule is N#Cc1cccc(-c2cc(-c3cccc(-c4cccc(C(F)(F)F)c4)c3)cc(-c3cccc(-c4cc(-c5ccccc5)nc(-c5ccc6c(c5)oc5ccc7ccccc7c56)n4)c3)c2)c1. The van der Waals surface area contributed by atoms with Gasteiger partial charge in [-0.15, -0.1) is 0 Å². The minimum Gasteiger partial charge on any atom is -0.456 e. The summed E-state index contributed by atoms with van der Waals surface area (Å²) >= 11 is 0. The maximum Gasteiger partial charge on any atom is 0.416 e. The molecule has 0 unspecified atom stereocenters. The van der Waals surface area contributed by atoms with Crippen LogP contribution in [0.5, 0.6) is 0 Å². The van der Waals surface area contributed by atoms with Crippen molar-refractivity contribution in [3.05, 3.63) is 217 Å². The first-order valence-corrected chi connectivity index (χ1v) is 21.1. The zero-order valence-electron chi connectivity index (χ0n) is 34.5. The molecule has 9 aromatic carbocycles. The van der Waals surface area contributed by atoms with Gasteiger partial charge in [0.1, 0.15) is 11.2 Å². The molecule has 0 fully saturated rings. The lowest BCUT2D eigenvalue weighted by molar-refractivity contribution is -0.137. The highest BCUT2D eigenvalue weighted by Crippen LogP contribution is 2.40. The first-order chi connectivity index (χ1) is 31.7. The van der Waals surface area contributed by atoms with Gasteiger partial charge in [-0.25, -0.2) is 9.97 Å². The Labute approximate surface area is 372 Å². The predicted octanol–water partition coefficient (Wildman–Crippen LogP) is 16.1. The third-order valence-corrected chi connectivity index (χ3v) is 11.9. The second-order valence-corrected chi connectivity index (χ2v) is 16.0. The molecule has 2 heterocycles. The summed E-state index contributed by atoms with van der Waals surface area (Å²) in [4.78, 5) is 10.3. The van der Waals surface area contributed by atoms with Gasteiger partial charge in [0.2, 0.25) is 0 Å². The lowest BCUT2D eigenvalue weighted by atomic mass is 9.91. The molecule has 7 heteroatoms. The van der Waals surface area contributed by atoms with Gasteiger partial charge in [0, 0.05) is 27.5 Å². The molecule has 11 aromatic rings. The average molecular weight is 846 g/mol. The van der Waals surface area contributed by atoms with E-state index in [1.54, 1.807) is 12.1 Å². The van der Waals surface area contributed by atoms with Crippen molar-refractivity contribution in [1.82, 2.24) is 9.97 Å². The maximum atomic E-state index is 13.7. The standard InChI is InChI=1S/C58H34F3N3O/c59-58(60,61)49-20-9-18-43(32-49)40-15-7-16-41(27-40)47-29-46(39-14-6-10-36(26-39)35-62)30-48(31-47)42-17-8-19-44(28-42)53-34-52(38-12-2-1-3-13-38)63-57(64-53)45-22-24-51-55(33-45)65-54-25-23-37-11-4-5-21-50(37)56(51)54/h1-34H. The number of aromatic nitrogens is 2. The molecule has 0 aliphatic rings. The number of fused-ring (bicyclic) bond motifs is 5. The van der Waals surface area contributed by atoms with E-state index < -0.39 is 11.7 Å². The number of furan rings is 1. The molecule has 65 heavy (non-hydrogen) atoms. The van der Waals surface area contributed by atoms with Crippen LogP contribution in [-0.4, -0.2) is 9.97 Å². The topological polar surface area (TPSA) is 62.7 Å². The van der Waals surface area contributed by atoms with Crippen LogP contribution < -0.4 is 0 Å². The summed E-state index contributed by atoms with van der Waals surface area (Å²) in [6.07, 6.45) is -4.46. The minimum atomic E-state index is -4.46. The molecule has 0 aliphatic heterocycles. The van der Waals surface area contributed by atoms with Gasteiger partial charge in [0.25, 0.3) is 0 Å². The quantitative estimate of drug-likeness (QED) is 0.160. The van der Waals surface area contributed by atoms with Crippen molar-refractivity contribution < 1.29 is 17.6 Å². The molecule has 0 N–H and O–H groups in total. The van der Waals surface area contributed by atoms with Crippen molar-refractivity contribution in [2.24, 2.45) is 0 Å². The summed E-state index contributed by atoms with van der Waals surface area (Å²) in [6, 6.07) is 67.8. The molecule has 2 aromatic heterocycles. The number of nitrogens with zero attached hydrogens (tertiary/aromatic N) is 3. The van der Waals surface area contributed by atoms with Gasteiger partial charge in [-0.2, -0.15) is 18.4 Å². The molecular formula is C58H34F3N3O. The number of rotatable bonds is 7. The van der Waals surface area contributed by atoms with Gasteiger partial charge < -0.3 is 4.42 Å². The number of benzene rings is 9. The van der Waals surface area contributed by atoms with Crippen LogP contribution in [0, 0.1) is 11.3 Å². The normalized spacial score (nSPS) is 11.6. The molecule has 0 aliphatic carbocycles. The van der Waals surface area contributed by atoms with E-state index in [0.29, 0.717) is 22.5 Å². The Morgan fingerprint density at radius 3 is 1.66 bits per heavy atom. The van der Waals surface area contributed by atoms with Gasteiger partial charge in [-0.1, -0.05) is 127 Å². The molecule has 0 amide bonds. The highest BCUT2D eigenvalue weighted by Gasteiger charge is 2.30. The van der Waals surface area contributed by atoms with Crippen LogP contribution in [0.3, 0.4) is 0 Å². The van der Waals surface area contributed by atoms with Gasteiger partial charge >= 0.3 is 6.18 Å². The third-order valence-electron chi connectivity index (χ3n) is 11.9. The predicted molar refractivity (Wildman–Crippen MR) is 255 cm³/mol. The fourth-order valence-corrected chi connectivity index (χ4v) is 8.67. The molecule has 0 radical (unpaired) electrons. The van der Waals surface area contributed by atoms with Crippen molar-refractivity contribution in [2.45, 2.75) is 6.18 Å². The fraction of sp³-hybridized carbons (Fsp3) is 0.0172. The summed E-state index contributed by atoms with van der Waals surface area (Å²) in [5.41, 5.74) is 12.0. The van der Waals surface area contributed by atoms with E-state index in [4.69, 9.17) is 14.4 Å². The minimum absolute atomic E-state index is 0.470. The van der Waals surface area contributed by atoms with E-state index in [-0.39, 0.29) is 0 Å². The first-order valence-electron chi connectivity index (χ1n) is 21.1. The molecule has 0 bridgehead atoms. The smallest absolute Gasteiger partial charge is 0.416 e. The summed E-state index contributed by atoms with van der Waals surface area (Å²) in [5.74, 6) is 0.557. The lowest BCUT2D eigenvalue weighted by Gasteiger charge is -2.14. The highest BCUT2D eigenvalue weighted by molar-refractivity contribution is 6.19. The second kappa shape index (κ2) is 15.9. The molecule has 0 spiro atoms. The van der Waals surface area contributed by atoms with E-state index >= 15 is 0 Å². The first kappa shape index (κ1) is 39.3. The summed E-state index contributed by atoms with van der Waals surface area (Å²) in [5, 5.41) is 14.2. The average Bonchev–Trinajstić information content (AvgIpc) is 3.75. The van der Waals surface area contributed by atoms with Crippen LogP contribution in [0.25, 0.3) is 111 Å². The van der Waals surface area contributed by atoms with Gasteiger partial charge in [-0.05, 0) is 134 Å². The van der Waals surface area contributed by atoms with Crippen LogP contribution in [0.15, 0.2) is 211 Å². The van der Waals surface area contributed by atoms with Crippen molar-refractivity contribution in [3.63, 3.8) is 0 Å². The van der Waals surface area contributed by atoms with Crippen molar-refractivity contribution in [3.8, 4) is 84.5 Å². The monoisotopic (exact) mass is 845 g/mol. The Hall–Kier alpha value is -8.60. The second-order valence-electron chi connectivity index (χ2n) is 16.0. The number of hydrogen-bond acceptors (Lipinski definition) is 4. The van der Waals surface area contributed by atoms with Gasteiger partial charge in [0.15, 0.2) is 5.82 Å². The Bertz CT molecular complexity index is 3680. The maximum absolute atomic E-state index is 13.7. The number of halogens is 3. The summed E-state index contributed by atoms with van der Waals surface area (Å²) in [6.45, 7) is 0. The molecule has 0 saturated carbocycles. The fourth-order valence-electron chi connectivity index (χ4n) is 8.67. The molecule has 4 nitrogen and oxygen atoms in total. The van der Waals surface area contributed by atoms with E-state index in [9.17, 15) is 18.4 Å². The zero-order valence-corrected chi connectivity index (χ0v) is 34.5. The largest absolute Gasteiger partial charge is 0.456 e. The molecule has 0 atom stereocenters. The number of hydrogen-bond donors (Lipinski definition) is 0. The lowest BCUT2D eigenvalue weighted by Crippen LogP contribution is -2.04. The van der Waals surface area contributed by atoms with E-state index in [1.807, 2.05) is 115 Å². The van der Waals surface area contributed by atoms with Crippen LogP contribution in [0.4, 0.5) is 13.2 Å². The molecular weight excluding hydrogens is 812 g/mol. The zero-order chi connectivity index (χ0) is 44.1. The van der Waals surface area contributed by atoms with E-state index in [1.165, 1.54) is 12.1 Å². The van der Waals surface area contributed by atoms with E-state index in [2.05, 4.69) is 66.7 Å². The Morgan fingerprint density at radius 1 is 0.400 bits per heavy atom. The van der Waals surface area contributed by atoms with Gasteiger partial charge in [0.05, 0.1) is 28.6 Å². The molecule has 11 rings (SSSR count). The van der Waals surface area contributed by atoms with Crippen molar-refractivity contribution >= 4 is 32.7 Å². The van der Waals surface area contributed by atoms with Crippen molar-refractivity contribution in [1.29, 1.82) is 5.26 Å². The van der Waals surface area contributed by atoms with Crippen LogP contribution in [-0.2, 0) is 6.18 Å². The van der Waals surface area contributed by atoms with Crippen LogP contribution in [0.1, 0.15) is 11.1 Å². The Morgan fingerprint density at radius 2 is 0.954 bits per heavy atom. The summed E-state index contributed by atoms with van der Waals surface area (Å²) < 4.78 is 47.6. The molecule has 0 saturated heterocycles. The van der Waals surface area contributed by atoms with Gasteiger partial charge in [-0.3, -0.25) is 0 Å². The van der Waals surface area contributed by atoms with Crippen LogP contribution in [0.2, 0.25) is 0 Å². The Kier molecular flexibility index (Phi) is 9.63. The Balaban J connectivity index is 1.03.